The van der Waals surface area contributed by atoms with Crippen molar-refractivity contribution in [3.05, 3.63) is 59.1 Å². The van der Waals surface area contributed by atoms with E-state index in [0.29, 0.717) is 16.8 Å². The zero-order valence-electron chi connectivity index (χ0n) is 15.4. The third-order valence-corrected chi connectivity index (χ3v) is 6.69. The number of hydrogen-bond acceptors (Lipinski definition) is 4. The van der Waals surface area contributed by atoms with Crippen LogP contribution >= 0.6 is 11.6 Å². The van der Waals surface area contributed by atoms with Crippen LogP contribution in [0.4, 0.5) is 8.78 Å². The number of rotatable bonds is 6. The molecule has 0 spiro atoms. The fourth-order valence-electron chi connectivity index (χ4n) is 2.95. The number of piperazine rings is 1. The van der Waals surface area contributed by atoms with Gasteiger partial charge in [-0.1, -0.05) is 11.6 Å². The van der Waals surface area contributed by atoms with Gasteiger partial charge in [-0.15, -0.1) is 0 Å². The van der Waals surface area contributed by atoms with E-state index in [-0.39, 0.29) is 45.1 Å². The maximum atomic E-state index is 13.9. The zero-order valence-corrected chi connectivity index (χ0v) is 16.9. The second-order valence-electron chi connectivity index (χ2n) is 6.41. The summed E-state index contributed by atoms with van der Waals surface area (Å²) in [5.41, 5.74) is 0. The highest BCUT2D eigenvalue weighted by Crippen LogP contribution is 2.22. The summed E-state index contributed by atoms with van der Waals surface area (Å²) in [6, 6.07) is 9.11. The van der Waals surface area contributed by atoms with Gasteiger partial charge >= 0.3 is 0 Å². The Labute approximate surface area is 172 Å². The predicted octanol–water partition coefficient (Wildman–Crippen LogP) is 2.92. The molecule has 0 radical (unpaired) electrons. The van der Waals surface area contributed by atoms with Crippen molar-refractivity contribution < 1.29 is 26.7 Å². The van der Waals surface area contributed by atoms with E-state index in [9.17, 15) is 22.0 Å². The molecule has 0 unspecified atom stereocenters. The Morgan fingerprint density at radius 3 is 2.31 bits per heavy atom. The van der Waals surface area contributed by atoms with Gasteiger partial charge in [0.25, 0.3) is 0 Å². The molecular weight excluding hydrogens is 426 g/mol. The maximum absolute atomic E-state index is 13.9. The van der Waals surface area contributed by atoms with E-state index in [1.54, 1.807) is 24.3 Å². The lowest BCUT2D eigenvalue weighted by molar-refractivity contribution is -0.132. The predicted molar refractivity (Wildman–Crippen MR) is 103 cm³/mol. The Kier molecular flexibility index (Phi) is 6.71. The fraction of sp³-hybridized carbons (Fsp3) is 0.316. The van der Waals surface area contributed by atoms with Crippen molar-refractivity contribution in [1.82, 2.24) is 9.21 Å². The Bertz CT molecular complexity index is 978. The number of sulfonamides is 1. The second-order valence-corrected chi connectivity index (χ2v) is 8.75. The van der Waals surface area contributed by atoms with Gasteiger partial charge in [-0.2, -0.15) is 4.31 Å². The first-order chi connectivity index (χ1) is 13.8. The number of halogens is 3. The molecule has 0 saturated carbocycles. The molecule has 3 rings (SSSR count). The zero-order chi connectivity index (χ0) is 21.0. The van der Waals surface area contributed by atoms with E-state index in [0.717, 1.165) is 16.4 Å². The Morgan fingerprint density at radius 1 is 1.03 bits per heavy atom. The normalized spacial score (nSPS) is 15.3. The number of hydrogen-bond donors (Lipinski definition) is 0. The molecule has 2 aromatic rings. The molecule has 1 amide bonds. The van der Waals surface area contributed by atoms with E-state index in [2.05, 4.69) is 0 Å². The summed E-state index contributed by atoms with van der Waals surface area (Å²) in [6.45, 7) is 0.606. The van der Waals surface area contributed by atoms with Gasteiger partial charge in [0.1, 0.15) is 22.3 Å². The van der Waals surface area contributed by atoms with Crippen LogP contribution < -0.4 is 4.74 Å². The van der Waals surface area contributed by atoms with Gasteiger partial charge < -0.3 is 9.64 Å². The van der Waals surface area contributed by atoms with Crippen LogP contribution in [0.2, 0.25) is 5.02 Å². The monoisotopic (exact) mass is 444 g/mol. The van der Waals surface area contributed by atoms with Crippen LogP contribution in [0.25, 0.3) is 0 Å². The molecule has 2 aromatic carbocycles. The molecule has 0 aliphatic carbocycles. The van der Waals surface area contributed by atoms with Crippen LogP contribution in [0.1, 0.15) is 6.42 Å². The highest BCUT2D eigenvalue weighted by molar-refractivity contribution is 7.89. The second kappa shape index (κ2) is 9.06. The topological polar surface area (TPSA) is 66.9 Å². The number of ether oxygens (including phenoxy) is 1. The standard InChI is InChI=1S/C19H19ClF2N2O4S/c20-14-1-4-16(5-2-14)28-12-7-19(25)23-8-10-24(11-9-23)29(26,27)18-6-3-15(21)13-17(18)22/h1-6,13H,7-12H2. The molecule has 0 aromatic heterocycles. The molecule has 1 fully saturated rings. The minimum atomic E-state index is -4.10. The summed E-state index contributed by atoms with van der Waals surface area (Å²) in [4.78, 5) is 13.3. The highest BCUT2D eigenvalue weighted by Gasteiger charge is 2.31. The van der Waals surface area contributed by atoms with Crippen molar-refractivity contribution in [1.29, 1.82) is 0 Å². The van der Waals surface area contributed by atoms with Crippen molar-refractivity contribution >= 4 is 27.5 Å². The molecule has 1 saturated heterocycles. The summed E-state index contributed by atoms with van der Waals surface area (Å²) in [7, 11) is -4.10. The first kappa shape index (κ1) is 21.5. The van der Waals surface area contributed by atoms with Crippen LogP contribution in [0, 0.1) is 11.6 Å². The van der Waals surface area contributed by atoms with Gasteiger partial charge in [0.05, 0.1) is 13.0 Å². The van der Waals surface area contributed by atoms with Gasteiger partial charge in [-0.3, -0.25) is 4.79 Å². The highest BCUT2D eigenvalue weighted by atomic mass is 35.5. The Balaban J connectivity index is 1.51. The minimum Gasteiger partial charge on any atom is -0.493 e. The van der Waals surface area contributed by atoms with Crippen LogP contribution in [0.5, 0.6) is 5.75 Å². The Morgan fingerprint density at radius 2 is 1.69 bits per heavy atom. The van der Waals surface area contributed by atoms with Crippen molar-refractivity contribution in [2.45, 2.75) is 11.3 Å². The van der Waals surface area contributed by atoms with Gasteiger partial charge in [-0.05, 0) is 36.4 Å². The molecule has 1 heterocycles. The van der Waals surface area contributed by atoms with Crippen molar-refractivity contribution in [2.24, 2.45) is 0 Å². The van der Waals surface area contributed by atoms with Gasteiger partial charge in [-0.25, -0.2) is 17.2 Å². The maximum Gasteiger partial charge on any atom is 0.246 e. The van der Waals surface area contributed by atoms with Crippen LogP contribution in [0.3, 0.4) is 0 Å². The van der Waals surface area contributed by atoms with Gasteiger partial charge in [0.2, 0.25) is 15.9 Å². The lowest BCUT2D eigenvalue weighted by Gasteiger charge is -2.34. The van der Waals surface area contributed by atoms with Crippen LogP contribution in [-0.2, 0) is 14.8 Å². The first-order valence-electron chi connectivity index (χ1n) is 8.89. The largest absolute Gasteiger partial charge is 0.493 e. The lowest BCUT2D eigenvalue weighted by Crippen LogP contribution is -2.50. The third-order valence-electron chi connectivity index (χ3n) is 4.50. The third kappa shape index (κ3) is 5.23. The molecule has 156 valence electrons. The van der Waals surface area contributed by atoms with E-state index >= 15 is 0 Å². The molecular formula is C19H19ClF2N2O4S. The average Bonchev–Trinajstić information content (AvgIpc) is 2.69. The summed E-state index contributed by atoms with van der Waals surface area (Å²) >= 11 is 5.80. The number of carbonyl (C=O) groups excluding carboxylic acids is 1. The van der Waals surface area contributed by atoms with E-state index in [1.807, 2.05) is 0 Å². The van der Waals surface area contributed by atoms with Gasteiger partial charge in [0.15, 0.2) is 0 Å². The quantitative estimate of drug-likeness (QED) is 0.687. The fourth-order valence-corrected chi connectivity index (χ4v) is 4.54. The van der Waals surface area contributed by atoms with Crippen molar-refractivity contribution in [3.8, 4) is 5.75 Å². The summed E-state index contributed by atoms with van der Waals surface area (Å²) in [5.74, 6) is -1.55. The number of amides is 1. The molecule has 10 heteroatoms. The SMILES string of the molecule is O=C(CCOc1ccc(Cl)cc1)N1CCN(S(=O)(=O)c2ccc(F)cc2F)CC1. The van der Waals surface area contributed by atoms with Crippen LogP contribution in [0.15, 0.2) is 47.4 Å². The van der Waals surface area contributed by atoms with Gasteiger partial charge in [0, 0.05) is 37.3 Å². The smallest absolute Gasteiger partial charge is 0.246 e. The average molecular weight is 445 g/mol. The molecule has 1 aliphatic rings. The van der Waals surface area contributed by atoms with E-state index in [1.165, 1.54) is 4.90 Å². The minimum absolute atomic E-state index is 0.0307. The lowest BCUT2D eigenvalue weighted by atomic mass is 10.3. The van der Waals surface area contributed by atoms with Crippen molar-refractivity contribution in [2.75, 3.05) is 32.8 Å². The number of benzene rings is 2. The first-order valence-corrected chi connectivity index (χ1v) is 10.7. The summed E-state index contributed by atoms with van der Waals surface area (Å²) in [6.07, 6.45) is 0.141. The molecule has 1 aliphatic heterocycles. The van der Waals surface area contributed by atoms with Crippen molar-refractivity contribution in [3.63, 3.8) is 0 Å². The Hall–Kier alpha value is -2.23. The van der Waals surface area contributed by atoms with E-state index in [4.69, 9.17) is 16.3 Å². The molecule has 6 nitrogen and oxygen atoms in total. The molecule has 0 atom stereocenters. The summed E-state index contributed by atoms with van der Waals surface area (Å²) < 4.78 is 58.7. The van der Waals surface area contributed by atoms with Crippen LogP contribution in [-0.4, -0.2) is 56.3 Å². The molecule has 0 N–H and O–H groups in total. The molecule has 0 bridgehead atoms. The number of carbonyl (C=O) groups is 1. The summed E-state index contributed by atoms with van der Waals surface area (Å²) in [5, 5.41) is 0.585. The van der Waals surface area contributed by atoms with E-state index < -0.39 is 26.6 Å². The number of nitrogens with zero attached hydrogens (tertiary/aromatic N) is 2. The molecule has 29 heavy (non-hydrogen) atoms.